The highest BCUT2D eigenvalue weighted by molar-refractivity contribution is 7.14. The maximum atomic E-state index is 12.1. The molecule has 0 spiro atoms. The predicted octanol–water partition coefficient (Wildman–Crippen LogP) is 3.01. The maximum absolute atomic E-state index is 12.1. The second-order valence-electron chi connectivity index (χ2n) is 5.92. The molecule has 2 saturated carbocycles. The quantitative estimate of drug-likeness (QED) is 0.761. The van der Waals surface area contributed by atoms with Crippen molar-refractivity contribution < 1.29 is 14.7 Å². The summed E-state index contributed by atoms with van der Waals surface area (Å²) in [4.78, 5) is 24.0. The van der Waals surface area contributed by atoms with Crippen molar-refractivity contribution >= 4 is 29.3 Å². The Bertz CT molecular complexity index is 558. The summed E-state index contributed by atoms with van der Waals surface area (Å²) in [6.45, 7) is 0.784. The van der Waals surface area contributed by atoms with Gasteiger partial charge in [0.25, 0.3) is 5.91 Å². The van der Waals surface area contributed by atoms with Crippen molar-refractivity contribution in [2.75, 3.05) is 6.54 Å². The summed E-state index contributed by atoms with van der Waals surface area (Å²) >= 11 is 1.32. The van der Waals surface area contributed by atoms with Crippen molar-refractivity contribution in [3.8, 4) is 0 Å². The molecule has 1 heterocycles. The molecular formula is C16H19NO3S. The number of nitrogens with one attached hydrogen (secondary N) is 1. The zero-order valence-corrected chi connectivity index (χ0v) is 12.6. The van der Waals surface area contributed by atoms with Gasteiger partial charge in [-0.3, -0.25) is 4.79 Å². The number of hydrogen-bond acceptors (Lipinski definition) is 3. The number of carbonyl (C=O) groups is 2. The molecule has 2 aliphatic carbocycles. The number of hydrogen-bond donors (Lipinski definition) is 2. The molecule has 0 bridgehead atoms. The van der Waals surface area contributed by atoms with Gasteiger partial charge in [-0.1, -0.05) is 0 Å². The highest BCUT2D eigenvalue weighted by Crippen LogP contribution is 2.48. The van der Waals surface area contributed by atoms with Gasteiger partial charge in [-0.05, 0) is 61.6 Å². The molecule has 0 aromatic carbocycles. The van der Waals surface area contributed by atoms with Gasteiger partial charge in [-0.15, -0.1) is 11.3 Å². The van der Waals surface area contributed by atoms with Crippen molar-refractivity contribution in [2.24, 2.45) is 17.8 Å². The molecule has 0 radical (unpaired) electrons. The molecule has 2 N–H and O–H groups in total. The highest BCUT2D eigenvalue weighted by atomic mass is 32.1. The molecule has 112 valence electrons. The van der Waals surface area contributed by atoms with Gasteiger partial charge in [0.1, 0.15) is 0 Å². The van der Waals surface area contributed by atoms with Crippen LogP contribution < -0.4 is 5.32 Å². The molecule has 1 aromatic rings. The first kappa shape index (κ1) is 14.3. The minimum absolute atomic E-state index is 0.0405. The minimum atomic E-state index is -0.980. The van der Waals surface area contributed by atoms with Gasteiger partial charge in [0.2, 0.25) is 0 Å². The molecule has 5 heteroatoms. The molecular weight excluding hydrogens is 286 g/mol. The Hall–Kier alpha value is -1.62. The summed E-state index contributed by atoms with van der Waals surface area (Å²) in [6, 6.07) is 3.53. The maximum Gasteiger partial charge on any atom is 0.328 e. The lowest BCUT2D eigenvalue weighted by Crippen LogP contribution is -2.30. The molecule has 2 fully saturated rings. The Labute approximate surface area is 127 Å². The van der Waals surface area contributed by atoms with E-state index in [9.17, 15) is 9.59 Å². The summed E-state index contributed by atoms with van der Waals surface area (Å²) in [5, 5.41) is 11.6. The Morgan fingerprint density at radius 1 is 1.29 bits per heavy atom. The third-order valence-electron chi connectivity index (χ3n) is 4.19. The van der Waals surface area contributed by atoms with E-state index in [1.807, 2.05) is 0 Å². The second kappa shape index (κ2) is 6.02. The Balaban J connectivity index is 1.53. The number of carboxylic acids is 1. The van der Waals surface area contributed by atoms with Gasteiger partial charge < -0.3 is 10.4 Å². The van der Waals surface area contributed by atoms with Gasteiger partial charge in [0.15, 0.2) is 0 Å². The molecule has 21 heavy (non-hydrogen) atoms. The van der Waals surface area contributed by atoms with Crippen molar-refractivity contribution in [1.82, 2.24) is 5.32 Å². The van der Waals surface area contributed by atoms with Crippen LogP contribution in [0, 0.1) is 17.8 Å². The number of carbonyl (C=O) groups excluding carboxylic acids is 1. The van der Waals surface area contributed by atoms with Crippen LogP contribution in [0.5, 0.6) is 0 Å². The molecule has 0 unspecified atom stereocenters. The lowest BCUT2D eigenvalue weighted by molar-refractivity contribution is -0.131. The molecule has 0 aliphatic heterocycles. The average Bonchev–Trinajstić information content (AvgIpc) is 3.37. The first-order valence-corrected chi connectivity index (χ1v) is 8.24. The van der Waals surface area contributed by atoms with Crippen LogP contribution in [0.2, 0.25) is 0 Å². The van der Waals surface area contributed by atoms with E-state index in [-0.39, 0.29) is 5.91 Å². The van der Waals surface area contributed by atoms with E-state index in [0.717, 1.165) is 29.3 Å². The molecule has 1 amide bonds. The van der Waals surface area contributed by atoms with Crippen molar-refractivity contribution in [2.45, 2.75) is 25.7 Å². The summed E-state index contributed by atoms with van der Waals surface area (Å²) in [6.07, 6.45) is 7.88. The third-order valence-corrected chi connectivity index (χ3v) is 5.24. The summed E-state index contributed by atoms with van der Waals surface area (Å²) in [5.74, 6) is 1.30. The van der Waals surface area contributed by atoms with Crippen LogP contribution in [0.1, 0.15) is 40.2 Å². The minimum Gasteiger partial charge on any atom is -0.478 e. The van der Waals surface area contributed by atoms with Crippen LogP contribution >= 0.6 is 11.3 Å². The number of aliphatic carboxylic acids is 1. The van der Waals surface area contributed by atoms with Gasteiger partial charge in [-0.2, -0.15) is 0 Å². The largest absolute Gasteiger partial charge is 0.478 e. The van der Waals surface area contributed by atoms with E-state index in [1.165, 1.54) is 43.1 Å². The smallest absolute Gasteiger partial charge is 0.328 e. The van der Waals surface area contributed by atoms with E-state index in [0.29, 0.717) is 10.8 Å². The van der Waals surface area contributed by atoms with E-state index in [1.54, 1.807) is 12.1 Å². The molecule has 3 rings (SSSR count). The lowest BCUT2D eigenvalue weighted by Gasteiger charge is -2.15. The van der Waals surface area contributed by atoms with E-state index in [2.05, 4.69) is 5.32 Å². The number of carboxylic acid groups (broad SMARTS) is 1. The second-order valence-corrected chi connectivity index (χ2v) is 7.04. The first-order chi connectivity index (χ1) is 10.1. The topological polar surface area (TPSA) is 66.4 Å². The summed E-state index contributed by atoms with van der Waals surface area (Å²) in [7, 11) is 0. The zero-order chi connectivity index (χ0) is 14.8. The Morgan fingerprint density at radius 2 is 1.95 bits per heavy atom. The van der Waals surface area contributed by atoms with Gasteiger partial charge in [0.05, 0.1) is 4.88 Å². The van der Waals surface area contributed by atoms with Gasteiger partial charge >= 0.3 is 5.97 Å². The van der Waals surface area contributed by atoms with Gasteiger partial charge in [0, 0.05) is 17.5 Å². The SMILES string of the molecule is O=C(O)C=Cc1ccc(C(=O)NCC(C2CC2)C2CC2)s1. The number of amides is 1. The Morgan fingerprint density at radius 3 is 2.52 bits per heavy atom. The monoisotopic (exact) mass is 305 g/mol. The lowest BCUT2D eigenvalue weighted by atomic mass is 9.98. The van der Waals surface area contributed by atoms with Crippen LogP contribution in [0.15, 0.2) is 18.2 Å². The molecule has 1 aromatic heterocycles. The van der Waals surface area contributed by atoms with E-state index in [4.69, 9.17) is 5.11 Å². The fourth-order valence-corrected chi connectivity index (χ4v) is 3.61. The number of rotatable bonds is 7. The molecule has 2 aliphatic rings. The normalized spacial score (nSPS) is 18.3. The van der Waals surface area contributed by atoms with E-state index < -0.39 is 5.97 Å². The van der Waals surface area contributed by atoms with E-state index >= 15 is 0 Å². The summed E-state index contributed by atoms with van der Waals surface area (Å²) in [5.41, 5.74) is 0. The van der Waals surface area contributed by atoms with Crippen molar-refractivity contribution in [3.63, 3.8) is 0 Å². The van der Waals surface area contributed by atoms with Crippen LogP contribution in [0.25, 0.3) is 6.08 Å². The molecule has 0 atom stereocenters. The fraction of sp³-hybridized carbons (Fsp3) is 0.500. The number of thiophene rings is 1. The third kappa shape index (κ3) is 3.94. The highest BCUT2D eigenvalue weighted by Gasteiger charge is 2.41. The molecule has 0 saturated heterocycles. The van der Waals surface area contributed by atoms with Gasteiger partial charge in [-0.25, -0.2) is 4.79 Å². The fourth-order valence-electron chi connectivity index (χ4n) is 2.78. The predicted molar refractivity (Wildman–Crippen MR) is 82.3 cm³/mol. The Kier molecular flexibility index (Phi) is 4.10. The van der Waals surface area contributed by atoms with Crippen molar-refractivity contribution in [1.29, 1.82) is 0 Å². The average molecular weight is 305 g/mol. The van der Waals surface area contributed by atoms with Crippen LogP contribution in [0.3, 0.4) is 0 Å². The van der Waals surface area contributed by atoms with Crippen molar-refractivity contribution in [3.05, 3.63) is 28.0 Å². The summed E-state index contributed by atoms with van der Waals surface area (Å²) < 4.78 is 0. The standard InChI is InChI=1S/C16H19NO3S/c18-15(19)8-6-12-5-7-14(21-12)16(20)17-9-13(10-1-2-10)11-3-4-11/h5-8,10-11,13H,1-4,9H2,(H,17,20)(H,18,19). The van der Waals surface area contributed by atoms with Crippen LogP contribution in [-0.2, 0) is 4.79 Å². The van der Waals surface area contributed by atoms with Crippen LogP contribution in [-0.4, -0.2) is 23.5 Å². The van der Waals surface area contributed by atoms with Crippen LogP contribution in [0.4, 0.5) is 0 Å². The first-order valence-electron chi connectivity index (χ1n) is 7.42. The zero-order valence-electron chi connectivity index (χ0n) is 11.7. The molecule has 4 nitrogen and oxygen atoms in total.